The maximum atomic E-state index is 13.7. The largest absolute Gasteiger partial charge is 0.359 e. The van der Waals surface area contributed by atoms with Crippen molar-refractivity contribution in [1.29, 1.82) is 0 Å². The number of likely N-dealkylation sites (tertiary alicyclic amines) is 1. The molecule has 0 aromatic carbocycles. The topological polar surface area (TPSA) is 76.5 Å². The fourth-order valence-corrected chi connectivity index (χ4v) is 4.24. The van der Waals surface area contributed by atoms with Crippen LogP contribution in [0.3, 0.4) is 0 Å². The summed E-state index contributed by atoms with van der Waals surface area (Å²) in [6, 6.07) is 3.03. The summed E-state index contributed by atoms with van der Waals surface area (Å²) in [7, 11) is 0. The molecule has 0 radical (unpaired) electrons. The zero-order valence-electron chi connectivity index (χ0n) is 16.7. The van der Waals surface area contributed by atoms with Crippen LogP contribution in [-0.4, -0.2) is 37.1 Å². The van der Waals surface area contributed by atoms with E-state index in [9.17, 15) is 13.6 Å². The highest BCUT2D eigenvalue weighted by molar-refractivity contribution is 6.00. The van der Waals surface area contributed by atoms with Gasteiger partial charge >= 0.3 is 0 Å². The number of aromatic nitrogens is 4. The number of fused-ring (bicyclic) bond motifs is 1. The number of carbonyl (C=O) groups is 1. The van der Waals surface area contributed by atoms with Crippen molar-refractivity contribution >= 4 is 11.6 Å². The fourth-order valence-electron chi connectivity index (χ4n) is 4.24. The monoisotopic (exact) mass is 415 g/mol. The highest BCUT2D eigenvalue weighted by atomic mass is 19.3. The van der Waals surface area contributed by atoms with Gasteiger partial charge in [0.05, 0.1) is 17.9 Å². The lowest BCUT2D eigenvalue weighted by atomic mass is 10.1. The molecule has 3 aromatic heterocycles. The first-order chi connectivity index (χ1) is 14.5. The maximum absolute atomic E-state index is 13.7. The summed E-state index contributed by atoms with van der Waals surface area (Å²) in [6.07, 6.45) is 4.16. The molecule has 1 aliphatic heterocycles. The van der Waals surface area contributed by atoms with Gasteiger partial charge in [-0.1, -0.05) is 18.0 Å². The minimum Gasteiger partial charge on any atom is -0.359 e. The average molecular weight is 415 g/mol. The number of aryl methyl sites for hydroxylation is 1. The Morgan fingerprint density at radius 2 is 2.03 bits per heavy atom. The Balaban J connectivity index is 1.57. The smallest absolute Gasteiger partial charge is 0.280 e. The molecule has 1 aliphatic carbocycles. The zero-order chi connectivity index (χ0) is 20.8. The van der Waals surface area contributed by atoms with Crippen LogP contribution in [0.15, 0.2) is 22.9 Å². The number of alkyl halides is 2. The lowest BCUT2D eigenvalue weighted by Crippen LogP contribution is -2.34. The van der Waals surface area contributed by atoms with E-state index in [1.807, 2.05) is 13.0 Å². The summed E-state index contributed by atoms with van der Waals surface area (Å²) in [5, 5.41) is 8.07. The van der Waals surface area contributed by atoms with Crippen molar-refractivity contribution in [3.8, 4) is 0 Å². The van der Waals surface area contributed by atoms with Gasteiger partial charge in [-0.15, -0.1) is 0 Å². The Morgan fingerprint density at radius 3 is 2.73 bits per heavy atom. The molecule has 2 fully saturated rings. The van der Waals surface area contributed by atoms with Gasteiger partial charge in [0, 0.05) is 24.2 Å². The van der Waals surface area contributed by atoms with Crippen molar-refractivity contribution in [2.75, 3.05) is 6.54 Å². The summed E-state index contributed by atoms with van der Waals surface area (Å²) in [5.74, 6) is 0.583. The summed E-state index contributed by atoms with van der Waals surface area (Å²) in [4.78, 5) is 19.9. The second-order valence-electron chi connectivity index (χ2n) is 8.21. The van der Waals surface area contributed by atoms with Crippen LogP contribution in [0.5, 0.6) is 0 Å². The molecule has 158 valence electrons. The molecule has 0 spiro atoms. The van der Waals surface area contributed by atoms with Gasteiger partial charge in [0.15, 0.2) is 11.4 Å². The Labute approximate surface area is 172 Å². The third kappa shape index (κ3) is 3.36. The summed E-state index contributed by atoms with van der Waals surface area (Å²) < 4.78 is 33.9. The first kappa shape index (κ1) is 19.1. The van der Waals surface area contributed by atoms with Crippen molar-refractivity contribution in [3.05, 3.63) is 46.7 Å². The number of rotatable bonds is 4. The van der Waals surface area contributed by atoms with Gasteiger partial charge in [0.25, 0.3) is 12.3 Å². The fraction of sp³-hybridized carbons (Fsp3) is 0.524. The standard InChI is InChI=1S/C21H23F2N5O2/c1-12-9-18(30-26-12)16-5-3-2-4-8-27(16)21(29)14-11-24-28-17(19(22)23)10-15(13-6-7-13)25-20(14)28/h9-11,13,16,19H,2-8H2,1H3. The lowest BCUT2D eigenvalue weighted by molar-refractivity contribution is 0.0652. The van der Waals surface area contributed by atoms with Gasteiger partial charge in [-0.3, -0.25) is 4.79 Å². The van der Waals surface area contributed by atoms with E-state index in [4.69, 9.17) is 4.52 Å². The Kier molecular flexibility index (Phi) is 4.75. The predicted octanol–water partition coefficient (Wildman–Crippen LogP) is 4.60. The molecule has 30 heavy (non-hydrogen) atoms. The van der Waals surface area contributed by atoms with Crippen LogP contribution in [0.4, 0.5) is 8.78 Å². The van der Waals surface area contributed by atoms with Gasteiger partial charge < -0.3 is 9.42 Å². The maximum Gasteiger partial charge on any atom is 0.280 e. The van der Waals surface area contributed by atoms with Crippen LogP contribution in [-0.2, 0) is 0 Å². The highest BCUT2D eigenvalue weighted by Crippen LogP contribution is 2.40. The van der Waals surface area contributed by atoms with Crippen molar-refractivity contribution in [1.82, 2.24) is 24.7 Å². The third-order valence-electron chi connectivity index (χ3n) is 5.96. The van der Waals surface area contributed by atoms with Gasteiger partial charge in [-0.05, 0) is 38.7 Å². The van der Waals surface area contributed by atoms with Crippen LogP contribution in [0.1, 0.15) is 90.1 Å². The van der Waals surface area contributed by atoms with E-state index in [2.05, 4.69) is 15.2 Å². The highest BCUT2D eigenvalue weighted by Gasteiger charge is 2.34. The van der Waals surface area contributed by atoms with Gasteiger partial charge in [-0.25, -0.2) is 18.3 Å². The van der Waals surface area contributed by atoms with Crippen molar-refractivity contribution in [2.45, 2.75) is 63.8 Å². The average Bonchev–Trinajstić information content (AvgIpc) is 3.43. The van der Waals surface area contributed by atoms with Crippen LogP contribution in [0.25, 0.3) is 5.65 Å². The molecule has 1 saturated heterocycles. The minimum atomic E-state index is -2.70. The lowest BCUT2D eigenvalue weighted by Gasteiger charge is -2.27. The predicted molar refractivity (Wildman–Crippen MR) is 103 cm³/mol. The number of hydrogen-bond donors (Lipinski definition) is 0. The normalized spacial score (nSPS) is 20.1. The van der Waals surface area contributed by atoms with Gasteiger partial charge in [0.1, 0.15) is 11.3 Å². The molecule has 1 atom stereocenters. The first-order valence-electron chi connectivity index (χ1n) is 10.4. The Bertz CT molecular complexity index is 1090. The van der Waals surface area contributed by atoms with E-state index in [-0.39, 0.29) is 34.8 Å². The zero-order valence-corrected chi connectivity index (χ0v) is 16.7. The molecule has 0 bridgehead atoms. The van der Waals surface area contributed by atoms with Crippen molar-refractivity contribution < 1.29 is 18.1 Å². The van der Waals surface area contributed by atoms with E-state index in [1.54, 1.807) is 4.90 Å². The first-order valence-corrected chi connectivity index (χ1v) is 10.4. The van der Waals surface area contributed by atoms with Crippen LogP contribution in [0.2, 0.25) is 0 Å². The third-order valence-corrected chi connectivity index (χ3v) is 5.96. The van der Waals surface area contributed by atoms with Crippen LogP contribution >= 0.6 is 0 Å². The molecule has 1 saturated carbocycles. The van der Waals surface area contributed by atoms with Crippen LogP contribution in [0, 0.1) is 6.92 Å². The van der Waals surface area contributed by atoms with E-state index in [1.165, 1.54) is 12.3 Å². The van der Waals surface area contributed by atoms with E-state index >= 15 is 0 Å². The Hall–Kier alpha value is -2.84. The number of halogens is 2. The van der Waals surface area contributed by atoms with Gasteiger partial charge in [-0.2, -0.15) is 5.10 Å². The number of carbonyl (C=O) groups excluding carboxylic acids is 1. The van der Waals surface area contributed by atoms with E-state index < -0.39 is 6.43 Å². The number of hydrogen-bond acceptors (Lipinski definition) is 5. The molecular formula is C21H23F2N5O2. The molecule has 1 unspecified atom stereocenters. The molecular weight excluding hydrogens is 392 g/mol. The van der Waals surface area contributed by atoms with Crippen molar-refractivity contribution in [3.63, 3.8) is 0 Å². The van der Waals surface area contributed by atoms with E-state index in [0.29, 0.717) is 18.0 Å². The second-order valence-corrected chi connectivity index (χ2v) is 8.21. The molecule has 0 N–H and O–H groups in total. The minimum absolute atomic E-state index is 0.188. The van der Waals surface area contributed by atoms with Crippen molar-refractivity contribution in [2.24, 2.45) is 0 Å². The molecule has 3 aromatic rings. The summed E-state index contributed by atoms with van der Waals surface area (Å²) >= 11 is 0. The molecule has 2 aliphatic rings. The quantitative estimate of drug-likeness (QED) is 0.623. The molecule has 5 rings (SSSR count). The summed E-state index contributed by atoms with van der Waals surface area (Å²) in [5.41, 5.74) is 1.61. The van der Waals surface area contributed by atoms with Gasteiger partial charge in [0.2, 0.25) is 0 Å². The Morgan fingerprint density at radius 1 is 1.20 bits per heavy atom. The number of nitrogens with zero attached hydrogens (tertiary/aromatic N) is 5. The molecule has 9 heteroatoms. The SMILES string of the molecule is Cc1cc(C2CCCCCN2C(=O)c2cnn3c(C(F)F)cc(C4CC4)nc23)on1. The second kappa shape index (κ2) is 7.45. The van der Waals surface area contributed by atoms with Crippen LogP contribution < -0.4 is 0 Å². The summed E-state index contributed by atoms with van der Waals surface area (Å²) in [6.45, 7) is 2.40. The van der Waals surface area contributed by atoms with E-state index in [0.717, 1.165) is 48.7 Å². The number of amides is 1. The molecule has 1 amide bonds. The molecule has 7 nitrogen and oxygen atoms in total. The molecule has 4 heterocycles.